The molecular formula is C20H27BN4O3. The van der Waals surface area contributed by atoms with Crippen LogP contribution in [0.3, 0.4) is 0 Å². The average Bonchev–Trinajstić information content (AvgIpc) is 3.41. The summed E-state index contributed by atoms with van der Waals surface area (Å²) in [6.45, 7) is 7.67. The molecule has 2 fully saturated rings. The van der Waals surface area contributed by atoms with Crippen molar-refractivity contribution < 1.29 is 16.8 Å². The van der Waals surface area contributed by atoms with Crippen LogP contribution >= 0.6 is 0 Å². The maximum absolute atomic E-state index is 12.2. The van der Waals surface area contributed by atoms with Gasteiger partial charge in [-0.25, -0.2) is 9.97 Å². The Morgan fingerprint density at radius 3 is 2.50 bits per heavy atom. The van der Waals surface area contributed by atoms with Crippen molar-refractivity contribution in [3.63, 3.8) is 0 Å². The number of aromatic nitrogens is 2. The van der Waals surface area contributed by atoms with Crippen molar-refractivity contribution >= 4 is 40.9 Å². The summed E-state index contributed by atoms with van der Waals surface area (Å²) in [5, 5.41) is 7.00. The molecule has 0 aromatic carbocycles. The summed E-state index contributed by atoms with van der Waals surface area (Å²) in [4.78, 5) is 21.0. The molecule has 3 heterocycles. The van der Waals surface area contributed by atoms with Crippen molar-refractivity contribution in [3.05, 3.63) is 18.5 Å². The van der Waals surface area contributed by atoms with Gasteiger partial charge in [0.2, 0.25) is 5.91 Å². The zero-order valence-electron chi connectivity index (χ0n) is 18.9. The Hall–Kier alpha value is -2.19. The number of pyridine rings is 2. The van der Waals surface area contributed by atoms with Crippen molar-refractivity contribution in [2.75, 3.05) is 17.1 Å². The van der Waals surface area contributed by atoms with Crippen LogP contribution in [0.25, 0.3) is 10.8 Å². The first kappa shape index (κ1) is 16.7. The second kappa shape index (κ2) is 6.70. The Bertz CT molecular complexity index is 989. The Labute approximate surface area is 168 Å². The summed E-state index contributed by atoms with van der Waals surface area (Å²) in [5.41, 5.74) is -0.328. The predicted molar refractivity (Wildman–Crippen MR) is 111 cm³/mol. The molecule has 0 unspecified atom stereocenters. The number of rotatable bonds is 5. The number of carbonyl (C=O) groups excluding carboxylic acids is 1. The SMILES string of the molecule is [2H]C([2H])(C)Nc1ncc(B2OC(C)(C)C(C)(C)O2)c2cc(NC(=O)C3CC3)ncc12. The van der Waals surface area contributed by atoms with Crippen LogP contribution in [-0.2, 0) is 14.1 Å². The number of amides is 1. The van der Waals surface area contributed by atoms with E-state index in [1.54, 1.807) is 18.5 Å². The Morgan fingerprint density at radius 2 is 1.89 bits per heavy atom. The monoisotopic (exact) mass is 384 g/mol. The average molecular weight is 384 g/mol. The first-order valence-corrected chi connectivity index (χ1v) is 9.60. The standard InChI is InChI=1S/C20H27BN4O3/c1-6-22-17-14-10-23-16(25-18(26)12-7-8-12)9-13(14)15(11-24-17)21-27-19(2,3)20(4,5)28-21/h9-12H,6-8H2,1-5H3,(H,22,24)(H,23,25,26)/i6D2. The maximum atomic E-state index is 12.2. The lowest BCUT2D eigenvalue weighted by atomic mass is 9.77. The van der Waals surface area contributed by atoms with E-state index in [4.69, 9.17) is 12.1 Å². The molecule has 0 spiro atoms. The van der Waals surface area contributed by atoms with Crippen molar-refractivity contribution in [2.24, 2.45) is 5.92 Å². The highest BCUT2D eigenvalue weighted by molar-refractivity contribution is 6.65. The van der Waals surface area contributed by atoms with Crippen LogP contribution in [0.1, 0.15) is 50.2 Å². The Kier molecular flexibility index (Phi) is 4.01. The fourth-order valence-corrected chi connectivity index (χ4v) is 3.17. The van der Waals surface area contributed by atoms with E-state index in [0.717, 1.165) is 18.2 Å². The van der Waals surface area contributed by atoms with Crippen LogP contribution in [0.2, 0.25) is 0 Å². The van der Waals surface area contributed by atoms with E-state index in [1.165, 1.54) is 6.92 Å². The van der Waals surface area contributed by atoms with E-state index in [0.29, 0.717) is 22.5 Å². The van der Waals surface area contributed by atoms with Gasteiger partial charge in [0, 0.05) is 38.4 Å². The first-order chi connectivity index (χ1) is 13.9. The van der Waals surface area contributed by atoms with E-state index in [1.807, 2.05) is 27.7 Å². The van der Waals surface area contributed by atoms with Crippen molar-refractivity contribution in [2.45, 2.75) is 58.7 Å². The topological polar surface area (TPSA) is 85.4 Å². The Balaban J connectivity index is 1.78. The van der Waals surface area contributed by atoms with Gasteiger partial charge in [-0.1, -0.05) is 0 Å². The normalized spacial score (nSPS) is 22.0. The molecule has 2 aliphatic rings. The number of nitrogens with zero attached hydrogens (tertiary/aromatic N) is 2. The maximum Gasteiger partial charge on any atom is 0.497 e. The summed E-state index contributed by atoms with van der Waals surface area (Å²) in [5.74, 6) is 0.836. The van der Waals surface area contributed by atoms with E-state index < -0.39 is 24.8 Å². The minimum absolute atomic E-state index is 0.0312. The Morgan fingerprint density at radius 1 is 1.21 bits per heavy atom. The fourth-order valence-electron chi connectivity index (χ4n) is 3.17. The molecule has 2 aromatic heterocycles. The third kappa shape index (κ3) is 3.35. The first-order valence-electron chi connectivity index (χ1n) is 10.6. The molecule has 1 amide bonds. The lowest BCUT2D eigenvalue weighted by Crippen LogP contribution is -2.41. The van der Waals surface area contributed by atoms with E-state index >= 15 is 0 Å². The van der Waals surface area contributed by atoms with Gasteiger partial charge in [0.1, 0.15) is 11.6 Å². The molecule has 2 aromatic rings. The van der Waals surface area contributed by atoms with Crippen LogP contribution in [0.15, 0.2) is 18.5 Å². The molecular weight excluding hydrogens is 355 g/mol. The van der Waals surface area contributed by atoms with Gasteiger partial charge >= 0.3 is 7.12 Å². The third-order valence-corrected chi connectivity index (χ3v) is 5.75. The zero-order chi connectivity index (χ0) is 21.9. The van der Waals surface area contributed by atoms with Crippen molar-refractivity contribution in [1.29, 1.82) is 0 Å². The smallest absolute Gasteiger partial charge is 0.399 e. The molecule has 8 heteroatoms. The molecule has 1 aliphatic carbocycles. The molecule has 1 aliphatic heterocycles. The molecule has 0 atom stereocenters. The molecule has 148 valence electrons. The lowest BCUT2D eigenvalue weighted by molar-refractivity contribution is -0.117. The van der Waals surface area contributed by atoms with Crippen LogP contribution < -0.4 is 16.1 Å². The van der Waals surface area contributed by atoms with Gasteiger partial charge in [-0.3, -0.25) is 4.79 Å². The summed E-state index contributed by atoms with van der Waals surface area (Å²) in [6, 6.07) is 1.77. The molecule has 1 saturated heterocycles. The number of nitrogens with one attached hydrogen (secondary N) is 2. The van der Waals surface area contributed by atoms with Crippen LogP contribution in [0, 0.1) is 5.92 Å². The van der Waals surface area contributed by atoms with Gasteiger partial charge in [0.25, 0.3) is 0 Å². The molecule has 0 radical (unpaired) electrons. The number of carbonyl (C=O) groups is 1. The quantitative estimate of drug-likeness (QED) is 0.771. The summed E-state index contributed by atoms with van der Waals surface area (Å²) in [7, 11) is -0.646. The minimum Gasteiger partial charge on any atom is -0.399 e. The van der Waals surface area contributed by atoms with Crippen LogP contribution in [0.4, 0.5) is 11.6 Å². The zero-order valence-corrected chi connectivity index (χ0v) is 16.9. The number of fused-ring (bicyclic) bond motifs is 1. The summed E-state index contributed by atoms with van der Waals surface area (Å²) < 4.78 is 28.1. The fraction of sp³-hybridized carbons (Fsp3) is 0.550. The third-order valence-electron chi connectivity index (χ3n) is 5.75. The highest BCUT2D eigenvalue weighted by atomic mass is 16.7. The van der Waals surface area contributed by atoms with Crippen LogP contribution in [0.5, 0.6) is 0 Å². The summed E-state index contributed by atoms with van der Waals surface area (Å²) >= 11 is 0. The second-order valence-corrected chi connectivity index (χ2v) is 8.40. The minimum atomic E-state index is -1.66. The van der Waals surface area contributed by atoms with Crippen LogP contribution in [-0.4, -0.2) is 40.7 Å². The lowest BCUT2D eigenvalue weighted by Gasteiger charge is -2.32. The van der Waals surface area contributed by atoms with E-state index in [9.17, 15) is 4.79 Å². The van der Waals surface area contributed by atoms with Gasteiger partial charge in [-0.2, -0.15) is 0 Å². The number of hydrogen-bond donors (Lipinski definition) is 2. The van der Waals surface area contributed by atoms with Gasteiger partial charge in [-0.15, -0.1) is 0 Å². The molecule has 0 bridgehead atoms. The van der Waals surface area contributed by atoms with Gasteiger partial charge in [-0.05, 0) is 58.9 Å². The van der Waals surface area contributed by atoms with Crippen molar-refractivity contribution in [3.8, 4) is 0 Å². The number of anilines is 2. The number of hydrogen-bond acceptors (Lipinski definition) is 6. The van der Waals surface area contributed by atoms with E-state index in [2.05, 4.69) is 20.6 Å². The highest BCUT2D eigenvalue weighted by Gasteiger charge is 2.52. The second-order valence-electron chi connectivity index (χ2n) is 8.40. The molecule has 2 N–H and O–H groups in total. The molecule has 28 heavy (non-hydrogen) atoms. The molecule has 7 nitrogen and oxygen atoms in total. The largest absolute Gasteiger partial charge is 0.497 e. The predicted octanol–water partition coefficient (Wildman–Crippen LogP) is 2.71. The van der Waals surface area contributed by atoms with Gasteiger partial charge in [0.15, 0.2) is 0 Å². The van der Waals surface area contributed by atoms with Gasteiger partial charge < -0.3 is 19.9 Å². The summed E-state index contributed by atoms with van der Waals surface area (Å²) in [6.07, 6.45) is 5.03. The molecule has 1 saturated carbocycles. The highest BCUT2D eigenvalue weighted by Crippen LogP contribution is 2.37. The molecule has 4 rings (SSSR count). The van der Waals surface area contributed by atoms with Crippen molar-refractivity contribution in [1.82, 2.24) is 9.97 Å². The van der Waals surface area contributed by atoms with E-state index in [-0.39, 0.29) is 11.8 Å². The van der Waals surface area contributed by atoms with Gasteiger partial charge in [0.05, 0.1) is 11.2 Å².